The number of pyridine rings is 1. The molecule has 0 bridgehead atoms. The van der Waals surface area contributed by atoms with E-state index in [-0.39, 0.29) is 11.0 Å². The van der Waals surface area contributed by atoms with E-state index in [1.54, 1.807) is 10.8 Å². The van der Waals surface area contributed by atoms with Crippen LogP contribution in [-0.4, -0.2) is 15.6 Å². The Morgan fingerprint density at radius 3 is 2.35 bits per heavy atom. The first-order chi connectivity index (χ1) is 9.60. The minimum Gasteiger partial charge on any atom is -0.477 e. The summed E-state index contributed by atoms with van der Waals surface area (Å²) in [5.74, 6) is -1.14. The van der Waals surface area contributed by atoms with Gasteiger partial charge in [0.15, 0.2) is 5.43 Å². The van der Waals surface area contributed by atoms with Gasteiger partial charge in [0.25, 0.3) is 0 Å². The van der Waals surface area contributed by atoms with Gasteiger partial charge >= 0.3 is 5.97 Å². The second-order valence-electron chi connectivity index (χ2n) is 5.18. The van der Waals surface area contributed by atoms with Crippen molar-refractivity contribution in [2.75, 3.05) is 0 Å². The fourth-order valence-corrected chi connectivity index (χ4v) is 2.30. The molecule has 0 aliphatic heterocycles. The molecule has 0 spiro atoms. The number of aromatic nitrogens is 1. The molecule has 0 aliphatic carbocycles. The van der Waals surface area contributed by atoms with E-state index in [1.165, 1.54) is 31.9 Å². The number of hydrogen-bond donors (Lipinski definition) is 1. The van der Waals surface area contributed by atoms with Crippen LogP contribution >= 0.6 is 0 Å². The van der Waals surface area contributed by atoms with Crippen LogP contribution in [-0.2, 0) is 13.0 Å². The number of nitrogens with zero attached hydrogens (tertiary/aromatic N) is 1. The molecule has 112 valence electrons. The summed E-state index contributed by atoms with van der Waals surface area (Å²) < 4.78 is 1.78. The van der Waals surface area contributed by atoms with Gasteiger partial charge in [0, 0.05) is 24.5 Å². The van der Waals surface area contributed by atoms with E-state index >= 15 is 0 Å². The molecule has 1 aromatic rings. The summed E-state index contributed by atoms with van der Waals surface area (Å²) in [7, 11) is 0. The molecule has 20 heavy (non-hydrogen) atoms. The van der Waals surface area contributed by atoms with Gasteiger partial charge in [0.1, 0.15) is 5.56 Å². The molecule has 4 heteroatoms. The molecule has 0 unspecified atom stereocenters. The van der Waals surface area contributed by atoms with Crippen molar-refractivity contribution in [3.05, 3.63) is 33.7 Å². The van der Waals surface area contributed by atoms with Gasteiger partial charge in [-0.25, -0.2) is 4.79 Å². The maximum absolute atomic E-state index is 12.1. The standard InChI is InChI=1S/C16H25NO3/c1-3-5-6-7-8-9-10-13-11-17(4-2)12-14(15(13)18)16(19)20/h11-12H,3-10H2,1-2H3,(H,19,20). The molecule has 0 atom stereocenters. The Morgan fingerprint density at radius 1 is 1.10 bits per heavy atom. The van der Waals surface area contributed by atoms with E-state index in [4.69, 9.17) is 5.11 Å². The lowest BCUT2D eigenvalue weighted by atomic mass is 10.0. The minimum absolute atomic E-state index is 0.115. The SMILES string of the molecule is CCCCCCCCc1cn(CC)cc(C(=O)O)c1=O. The van der Waals surface area contributed by atoms with Crippen LogP contribution in [0.25, 0.3) is 0 Å². The largest absolute Gasteiger partial charge is 0.477 e. The minimum atomic E-state index is -1.14. The van der Waals surface area contributed by atoms with Gasteiger partial charge in [-0.2, -0.15) is 0 Å². The molecule has 1 rings (SSSR count). The molecule has 0 fully saturated rings. The molecule has 0 saturated heterocycles. The Labute approximate surface area is 120 Å². The summed E-state index contributed by atoms with van der Waals surface area (Å²) in [5.41, 5.74) is 0.188. The van der Waals surface area contributed by atoms with Crippen LogP contribution in [0.4, 0.5) is 0 Å². The van der Waals surface area contributed by atoms with Crippen LogP contribution in [0.5, 0.6) is 0 Å². The molecular formula is C16H25NO3. The van der Waals surface area contributed by atoms with Crippen LogP contribution in [0.15, 0.2) is 17.2 Å². The van der Waals surface area contributed by atoms with Crippen molar-refractivity contribution >= 4 is 5.97 Å². The van der Waals surface area contributed by atoms with E-state index in [0.717, 1.165) is 12.8 Å². The third kappa shape index (κ3) is 4.83. The van der Waals surface area contributed by atoms with E-state index in [9.17, 15) is 9.59 Å². The summed E-state index contributed by atoms with van der Waals surface area (Å²) >= 11 is 0. The molecule has 0 radical (unpaired) electrons. The number of aromatic carboxylic acids is 1. The average molecular weight is 279 g/mol. The first-order valence-corrected chi connectivity index (χ1v) is 7.56. The van der Waals surface area contributed by atoms with Crippen molar-refractivity contribution in [3.8, 4) is 0 Å². The Kier molecular flexibility index (Phi) is 7.05. The second-order valence-corrected chi connectivity index (χ2v) is 5.18. The van der Waals surface area contributed by atoms with Gasteiger partial charge in [-0.05, 0) is 19.8 Å². The van der Waals surface area contributed by atoms with Gasteiger partial charge < -0.3 is 9.67 Å². The summed E-state index contributed by atoms with van der Waals surface area (Å²) in [6.45, 7) is 4.79. The molecular weight excluding hydrogens is 254 g/mol. The normalized spacial score (nSPS) is 10.7. The van der Waals surface area contributed by atoms with Crippen LogP contribution < -0.4 is 5.43 Å². The topological polar surface area (TPSA) is 59.3 Å². The van der Waals surface area contributed by atoms with Crippen molar-refractivity contribution in [1.82, 2.24) is 4.57 Å². The first kappa shape index (κ1) is 16.5. The van der Waals surface area contributed by atoms with Crippen molar-refractivity contribution < 1.29 is 9.90 Å². The highest BCUT2D eigenvalue weighted by molar-refractivity contribution is 5.87. The number of carboxylic acid groups (broad SMARTS) is 1. The molecule has 0 aromatic carbocycles. The van der Waals surface area contributed by atoms with Gasteiger partial charge in [0.05, 0.1) is 0 Å². The third-order valence-electron chi connectivity index (χ3n) is 3.55. The van der Waals surface area contributed by atoms with E-state index in [2.05, 4.69) is 6.92 Å². The molecule has 0 aliphatic rings. The van der Waals surface area contributed by atoms with Crippen molar-refractivity contribution in [2.24, 2.45) is 0 Å². The Balaban J connectivity index is 2.67. The Morgan fingerprint density at radius 2 is 1.75 bits per heavy atom. The zero-order chi connectivity index (χ0) is 15.0. The van der Waals surface area contributed by atoms with Gasteiger partial charge in [-0.3, -0.25) is 4.79 Å². The quantitative estimate of drug-likeness (QED) is 0.704. The zero-order valence-electron chi connectivity index (χ0n) is 12.5. The lowest BCUT2D eigenvalue weighted by molar-refractivity contribution is 0.0694. The lowest BCUT2D eigenvalue weighted by Crippen LogP contribution is -2.21. The summed E-state index contributed by atoms with van der Waals surface area (Å²) in [5, 5.41) is 9.07. The van der Waals surface area contributed by atoms with E-state index in [1.807, 2.05) is 6.92 Å². The van der Waals surface area contributed by atoms with Gasteiger partial charge in [0.2, 0.25) is 0 Å². The number of aryl methyl sites for hydroxylation is 2. The predicted octanol–water partition coefficient (Wildman–Crippen LogP) is 3.47. The summed E-state index contributed by atoms with van der Waals surface area (Å²) in [4.78, 5) is 23.1. The highest BCUT2D eigenvalue weighted by Crippen LogP contribution is 2.09. The number of carbonyl (C=O) groups is 1. The van der Waals surface area contributed by atoms with Crippen LogP contribution in [0.1, 0.15) is 68.3 Å². The van der Waals surface area contributed by atoms with Crippen molar-refractivity contribution in [2.45, 2.75) is 65.3 Å². The van der Waals surface area contributed by atoms with Gasteiger partial charge in [-0.15, -0.1) is 0 Å². The third-order valence-corrected chi connectivity index (χ3v) is 3.55. The fraction of sp³-hybridized carbons (Fsp3) is 0.625. The van der Waals surface area contributed by atoms with Gasteiger partial charge in [-0.1, -0.05) is 39.0 Å². The number of hydrogen-bond acceptors (Lipinski definition) is 2. The Hall–Kier alpha value is -1.58. The van der Waals surface area contributed by atoms with E-state index in [0.29, 0.717) is 18.5 Å². The molecule has 1 aromatic heterocycles. The monoisotopic (exact) mass is 279 g/mol. The number of carboxylic acids is 1. The molecule has 1 heterocycles. The zero-order valence-corrected chi connectivity index (χ0v) is 12.5. The average Bonchev–Trinajstić information content (AvgIpc) is 2.43. The summed E-state index contributed by atoms with van der Waals surface area (Å²) in [6.07, 6.45) is 10.9. The molecule has 0 amide bonds. The number of unbranched alkanes of at least 4 members (excludes halogenated alkanes) is 5. The molecule has 0 saturated carbocycles. The first-order valence-electron chi connectivity index (χ1n) is 7.56. The molecule has 4 nitrogen and oxygen atoms in total. The molecule has 1 N–H and O–H groups in total. The smallest absolute Gasteiger partial charge is 0.341 e. The van der Waals surface area contributed by atoms with Crippen LogP contribution in [0.2, 0.25) is 0 Å². The summed E-state index contributed by atoms with van der Waals surface area (Å²) in [6, 6.07) is 0. The maximum atomic E-state index is 12.1. The van der Waals surface area contributed by atoms with E-state index < -0.39 is 5.97 Å². The van der Waals surface area contributed by atoms with Crippen molar-refractivity contribution in [1.29, 1.82) is 0 Å². The lowest BCUT2D eigenvalue weighted by Gasteiger charge is -2.08. The highest BCUT2D eigenvalue weighted by Gasteiger charge is 2.13. The number of rotatable bonds is 9. The van der Waals surface area contributed by atoms with Crippen LogP contribution in [0, 0.1) is 0 Å². The van der Waals surface area contributed by atoms with Crippen LogP contribution in [0.3, 0.4) is 0 Å². The van der Waals surface area contributed by atoms with Crippen molar-refractivity contribution in [3.63, 3.8) is 0 Å². The fourth-order valence-electron chi connectivity index (χ4n) is 2.30. The second kappa shape index (κ2) is 8.56. The highest BCUT2D eigenvalue weighted by atomic mass is 16.4. The predicted molar refractivity (Wildman–Crippen MR) is 80.4 cm³/mol. The maximum Gasteiger partial charge on any atom is 0.341 e. The Bertz CT molecular complexity index is 491.